The summed E-state index contributed by atoms with van der Waals surface area (Å²) in [5.41, 5.74) is 24.1. The maximum absolute atomic E-state index is 14.9. The predicted molar refractivity (Wildman–Crippen MR) is 319 cm³/mol. The molecule has 3 aromatic rings. The van der Waals surface area contributed by atoms with E-state index in [4.69, 9.17) is 41.6 Å². The second-order valence-electron chi connectivity index (χ2n) is 21.2. The highest BCUT2D eigenvalue weighted by Gasteiger charge is 2.28. The minimum absolute atomic E-state index is 0.0392. The number of fused-ring (bicyclic) bond motifs is 2. The molecular weight excluding hydrogens is 1020 g/mol. The molecule has 1 heterocycles. The van der Waals surface area contributed by atoms with Crippen molar-refractivity contribution in [2.75, 3.05) is 114 Å². The summed E-state index contributed by atoms with van der Waals surface area (Å²) >= 11 is 0. The fraction of sp³-hybridized carbons (Fsp3) is 0.603. The number of nitrogens with one attached hydrogen (secondary N) is 4. The van der Waals surface area contributed by atoms with Gasteiger partial charge >= 0.3 is 0 Å². The van der Waals surface area contributed by atoms with Gasteiger partial charge in [-0.25, -0.2) is 0 Å². The van der Waals surface area contributed by atoms with Crippen LogP contribution in [0, 0.1) is 11.8 Å². The first-order valence-electron chi connectivity index (χ1n) is 27.9. The average molecular weight is 1120 g/mol. The number of aliphatic imine (C=N–C) groups is 2. The van der Waals surface area contributed by atoms with Crippen LogP contribution >= 0.6 is 0 Å². The average Bonchev–Trinajstić information content (AvgIpc) is 3.46. The molecule has 0 radical (unpaired) electrons. The van der Waals surface area contributed by atoms with Gasteiger partial charge in [-0.05, 0) is 159 Å². The molecule has 22 heteroatoms. The van der Waals surface area contributed by atoms with E-state index in [1.54, 1.807) is 0 Å². The molecule has 2 aromatic carbocycles. The zero-order valence-electron chi connectivity index (χ0n) is 49.2. The molecule has 0 aliphatic carbocycles. The molecule has 0 saturated heterocycles. The van der Waals surface area contributed by atoms with E-state index in [9.17, 15) is 29.1 Å². The molecule has 2 amide bonds. The standard InChI is InChI=1S/C58H94N12O10/c1-38(2)18-20-44-46(78-36-42(71)32-40(16-10-26-67-57(59)60)55(75)65-28-12-22-63-24-14-30-69(5)6)34-48-51(52(44)73)53(74)50-45(21-19-39(3)4)54(77-9)49(35-47(50)80-48)79-37-43(72)33-41(17-11-27-68-58(61)62)56(76)66-29-13-23-64-25-15-31-70(7)8/h18-19,34-35,40-41,63-64,73H,10-17,20-33,36-37H2,1-9H3,(H,65,75)(H,66,76)(H4,59,60,67)(H4,61,62,68)/t40-,41-/m1/s1. The summed E-state index contributed by atoms with van der Waals surface area (Å²) in [5, 5.41) is 24.8. The maximum atomic E-state index is 14.9. The third-order valence-corrected chi connectivity index (χ3v) is 13.0. The zero-order chi connectivity index (χ0) is 59.1. The number of amides is 2. The number of benzene rings is 2. The van der Waals surface area contributed by atoms with Gasteiger partial charge in [-0.3, -0.25) is 34.0 Å². The quantitative estimate of drug-likeness (QED) is 0.0128. The Bertz CT molecular complexity index is 2650. The van der Waals surface area contributed by atoms with Crippen LogP contribution < -0.4 is 63.8 Å². The van der Waals surface area contributed by atoms with Crippen molar-refractivity contribution in [3.8, 4) is 23.0 Å². The molecule has 80 heavy (non-hydrogen) atoms. The Morgan fingerprint density at radius 2 is 1.07 bits per heavy atom. The number of nitrogens with two attached hydrogens (primary N) is 4. The van der Waals surface area contributed by atoms with Crippen molar-refractivity contribution in [2.24, 2.45) is 44.8 Å². The normalized spacial score (nSPS) is 12.0. The summed E-state index contributed by atoms with van der Waals surface area (Å²) in [5.74, 6) is -2.76. The van der Waals surface area contributed by atoms with E-state index >= 15 is 0 Å². The summed E-state index contributed by atoms with van der Waals surface area (Å²) < 4.78 is 24.8. The maximum Gasteiger partial charge on any atom is 0.223 e. The van der Waals surface area contributed by atoms with Gasteiger partial charge in [0.15, 0.2) is 35.0 Å². The highest BCUT2D eigenvalue weighted by Crippen LogP contribution is 2.42. The number of nitrogens with zero attached hydrogens (tertiary/aromatic N) is 4. The van der Waals surface area contributed by atoms with Gasteiger partial charge in [-0.2, -0.15) is 0 Å². The summed E-state index contributed by atoms with van der Waals surface area (Å²) in [6.07, 6.45) is 8.89. The molecule has 0 fully saturated rings. The number of phenols is 1. The summed E-state index contributed by atoms with van der Waals surface area (Å²) in [6.45, 7) is 13.3. The fourth-order valence-corrected chi connectivity index (χ4v) is 8.82. The molecule has 1 aromatic heterocycles. The third-order valence-electron chi connectivity index (χ3n) is 13.0. The molecule has 22 nitrogen and oxygen atoms in total. The van der Waals surface area contributed by atoms with Crippen LogP contribution in [0.15, 0.2) is 54.6 Å². The van der Waals surface area contributed by atoms with E-state index in [0.717, 1.165) is 63.3 Å². The van der Waals surface area contributed by atoms with E-state index < -0.39 is 30.5 Å². The van der Waals surface area contributed by atoms with E-state index in [2.05, 4.69) is 41.1 Å². The molecule has 3 rings (SSSR count). The summed E-state index contributed by atoms with van der Waals surface area (Å²) in [6, 6.07) is 2.93. The first kappa shape index (κ1) is 67.5. The number of carbonyl (C=O) groups is 4. The van der Waals surface area contributed by atoms with Gasteiger partial charge in [0, 0.05) is 74.1 Å². The van der Waals surface area contributed by atoms with Crippen LogP contribution in [-0.4, -0.2) is 164 Å². The van der Waals surface area contributed by atoms with Gasteiger partial charge in [0.05, 0.1) is 12.5 Å². The number of methoxy groups -OCH3 is 1. The van der Waals surface area contributed by atoms with E-state index in [-0.39, 0.29) is 125 Å². The number of phenolic OH excluding ortho intramolecular Hbond substituents is 1. The van der Waals surface area contributed by atoms with Crippen LogP contribution in [0.2, 0.25) is 0 Å². The van der Waals surface area contributed by atoms with Crippen LogP contribution in [0.25, 0.3) is 21.9 Å². The summed E-state index contributed by atoms with van der Waals surface area (Å²) in [7, 11) is 9.55. The van der Waals surface area contributed by atoms with Crippen molar-refractivity contribution in [3.63, 3.8) is 0 Å². The smallest absolute Gasteiger partial charge is 0.223 e. The zero-order valence-corrected chi connectivity index (χ0v) is 49.2. The topological polar surface area (TPSA) is 330 Å². The third kappa shape index (κ3) is 24.7. The van der Waals surface area contributed by atoms with Crippen LogP contribution in [-0.2, 0) is 32.0 Å². The Balaban J connectivity index is 1.97. The number of Topliss-reactive ketones (excluding diaryl/α,β-unsaturated/α-hetero) is 2. The molecule has 0 aliphatic heterocycles. The number of hydrogen-bond acceptors (Lipinski definition) is 16. The minimum Gasteiger partial charge on any atom is -0.507 e. The van der Waals surface area contributed by atoms with Gasteiger partial charge < -0.3 is 77.7 Å². The lowest BCUT2D eigenvalue weighted by Gasteiger charge is -2.19. The Hall–Kier alpha value is -6.75. The van der Waals surface area contributed by atoms with E-state index in [1.165, 1.54) is 19.2 Å². The highest BCUT2D eigenvalue weighted by molar-refractivity contribution is 5.98. The van der Waals surface area contributed by atoms with Gasteiger partial charge in [-0.1, -0.05) is 23.3 Å². The van der Waals surface area contributed by atoms with Crippen LogP contribution in [0.5, 0.6) is 23.0 Å². The van der Waals surface area contributed by atoms with Crippen LogP contribution in [0.1, 0.15) is 103 Å². The van der Waals surface area contributed by atoms with Crippen LogP contribution in [0.3, 0.4) is 0 Å². The second kappa shape index (κ2) is 36.5. The number of rotatable bonds is 41. The highest BCUT2D eigenvalue weighted by atomic mass is 16.5. The molecule has 0 bridgehead atoms. The number of aromatic hydroxyl groups is 1. The molecule has 2 atom stereocenters. The largest absolute Gasteiger partial charge is 0.507 e. The number of hydrogen-bond donors (Lipinski definition) is 9. The second-order valence-corrected chi connectivity index (χ2v) is 21.2. The molecule has 0 spiro atoms. The number of ketones is 2. The number of guanidine groups is 2. The van der Waals surface area contributed by atoms with Gasteiger partial charge in [-0.15, -0.1) is 0 Å². The molecule has 0 unspecified atom stereocenters. The van der Waals surface area contributed by atoms with Gasteiger partial charge in [0.2, 0.25) is 17.2 Å². The monoisotopic (exact) mass is 1120 g/mol. The van der Waals surface area contributed by atoms with Crippen molar-refractivity contribution < 1.29 is 42.9 Å². The Kier molecular flexibility index (Phi) is 30.8. The Morgan fingerprint density at radius 3 is 1.52 bits per heavy atom. The van der Waals surface area contributed by atoms with Crippen LogP contribution in [0.4, 0.5) is 0 Å². The molecule has 0 aliphatic rings. The van der Waals surface area contributed by atoms with Gasteiger partial charge in [0.1, 0.15) is 41.3 Å². The Labute approximate surface area is 472 Å². The number of carbonyl (C=O) groups excluding carboxylic acids is 4. The lowest BCUT2D eigenvalue weighted by Crippen LogP contribution is -2.35. The predicted octanol–water partition coefficient (Wildman–Crippen LogP) is 3.79. The SMILES string of the molecule is COc1c(OCC(=O)C[C@@H](CCCN=C(N)N)C(=O)NCCCNCCCN(C)C)cc2oc3cc(OCC(=O)C[C@@H](CCCN=C(N)N)C(=O)NCCCNCCCN(C)C)c(CC=C(C)C)c(O)c3c(=O)c2c1CC=C(C)C. The van der Waals surface area contributed by atoms with Crippen molar-refractivity contribution in [3.05, 3.63) is 56.8 Å². The van der Waals surface area contributed by atoms with Crippen molar-refractivity contribution in [1.29, 1.82) is 0 Å². The van der Waals surface area contributed by atoms with Crippen molar-refractivity contribution >= 4 is 57.2 Å². The molecule has 446 valence electrons. The lowest BCUT2D eigenvalue weighted by atomic mass is 9.96. The minimum atomic E-state index is -0.689. The van der Waals surface area contributed by atoms with Crippen molar-refractivity contribution in [2.45, 2.75) is 105 Å². The van der Waals surface area contributed by atoms with Crippen molar-refractivity contribution in [1.82, 2.24) is 31.1 Å². The first-order chi connectivity index (χ1) is 38.1. The molecule has 0 saturated carbocycles. The summed E-state index contributed by atoms with van der Waals surface area (Å²) in [4.78, 5) is 81.7. The molecule has 13 N–H and O–H groups in total. The fourth-order valence-electron chi connectivity index (χ4n) is 8.82. The first-order valence-corrected chi connectivity index (χ1v) is 27.9. The lowest BCUT2D eigenvalue weighted by molar-refractivity contribution is -0.130. The van der Waals surface area contributed by atoms with E-state index in [1.807, 2.05) is 68.0 Å². The number of ether oxygens (including phenoxy) is 3. The number of allylic oxidation sites excluding steroid dienone is 4. The van der Waals surface area contributed by atoms with Gasteiger partial charge in [0.25, 0.3) is 0 Å². The van der Waals surface area contributed by atoms with E-state index in [0.29, 0.717) is 57.2 Å². The Morgan fingerprint density at radius 1 is 0.637 bits per heavy atom. The molecular formula is C58H94N12O10.